The van der Waals surface area contributed by atoms with Gasteiger partial charge in [0.05, 0.1) is 12.7 Å². The summed E-state index contributed by atoms with van der Waals surface area (Å²) in [5, 5.41) is 10.8. The molecule has 1 aromatic heterocycles. The number of benzene rings is 1. The molecule has 0 amide bonds. The minimum absolute atomic E-state index is 0.176. The van der Waals surface area contributed by atoms with Crippen LogP contribution in [0.5, 0.6) is 17.2 Å². The third-order valence-electron chi connectivity index (χ3n) is 3.43. The lowest BCUT2D eigenvalue weighted by atomic mass is 10.0. The summed E-state index contributed by atoms with van der Waals surface area (Å²) in [6, 6.07) is 4.66. The Balaban J connectivity index is 2.23. The summed E-state index contributed by atoms with van der Waals surface area (Å²) in [6.45, 7) is 3.44. The van der Waals surface area contributed by atoms with Crippen LogP contribution < -0.4 is 19.8 Å². The highest BCUT2D eigenvalue weighted by atomic mass is 16.6. The number of methoxy groups -OCH3 is 1. The van der Waals surface area contributed by atoms with Crippen molar-refractivity contribution in [1.29, 1.82) is 0 Å². The Bertz CT molecular complexity index is 740. The number of hydrogen-bond acceptors (Lipinski definition) is 6. The van der Waals surface area contributed by atoms with Crippen LogP contribution in [-0.4, -0.2) is 30.5 Å². The molecule has 0 fully saturated rings. The molecule has 6 heteroatoms. The van der Waals surface area contributed by atoms with Gasteiger partial charge in [-0.15, -0.1) is 0 Å². The first-order valence-corrected chi connectivity index (χ1v) is 6.57. The quantitative estimate of drug-likeness (QED) is 0.849. The second kappa shape index (κ2) is 4.66. The maximum absolute atomic E-state index is 11.5. The van der Waals surface area contributed by atoms with E-state index in [1.807, 2.05) is 0 Å². The smallest absolute Gasteiger partial charge is 0.336 e. The van der Waals surface area contributed by atoms with Crippen LogP contribution in [0.25, 0.3) is 11.0 Å². The van der Waals surface area contributed by atoms with Gasteiger partial charge in [0.1, 0.15) is 6.61 Å². The SMILES string of the molecule is COc1cc2ccc(=O)oc2c2c1OCC(C(C)(C)O)O2. The lowest BCUT2D eigenvalue weighted by Crippen LogP contribution is -2.46. The van der Waals surface area contributed by atoms with Crippen molar-refractivity contribution in [2.75, 3.05) is 13.7 Å². The van der Waals surface area contributed by atoms with Crippen molar-refractivity contribution in [2.45, 2.75) is 25.6 Å². The summed E-state index contributed by atoms with van der Waals surface area (Å²) < 4.78 is 22.0. The van der Waals surface area contributed by atoms with E-state index in [0.29, 0.717) is 16.9 Å². The molecule has 21 heavy (non-hydrogen) atoms. The first-order valence-electron chi connectivity index (χ1n) is 6.57. The Hall–Kier alpha value is -2.21. The molecular formula is C15H16O6. The second-order valence-electron chi connectivity index (χ2n) is 5.48. The summed E-state index contributed by atoms with van der Waals surface area (Å²) in [5.74, 6) is 1.14. The predicted molar refractivity (Wildman–Crippen MR) is 75.2 cm³/mol. The zero-order chi connectivity index (χ0) is 15.2. The Morgan fingerprint density at radius 3 is 2.76 bits per heavy atom. The molecule has 1 aliphatic heterocycles. The van der Waals surface area contributed by atoms with Crippen LogP contribution in [0.4, 0.5) is 0 Å². The van der Waals surface area contributed by atoms with Crippen molar-refractivity contribution in [1.82, 2.24) is 0 Å². The summed E-state index contributed by atoms with van der Waals surface area (Å²) >= 11 is 0. The van der Waals surface area contributed by atoms with Crippen LogP contribution in [0.15, 0.2) is 27.4 Å². The van der Waals surface area contributed by atoms with E-state index in [4.69, 9.17) is 18.6 Å². The van der Waals surface area contributed by atoms with Crippen molar-refractivity contribution in [2.24, 2.45) is 0 Å². The van der Waals surface area contributed by atoms with E-state index >= 15 is 0 Å². The molecule has 1 aromatic carbocycles. The van der Waals surface area contributed by atoms with Gasteiger partial charge in [-0.25, -0.2) is 4.79 Å². The zero-order valence-electron chi connectivity index (χ0n) is 12.0. The first-order chi connectivity index (χ1) is 9.90. The topological polar surface area (TPSA) is 78.1 Å². The molecule has 3 rings (SSSR count). The van der Waals surface area contributed by atoms with Gasteiger partial charge in [-0.2, -0.15) is 0 Å². The van der Waals surface area contributed by atoms with E-state index in [0.717, 1.165) is 0 Å². The van der Waals surface area contributed by atoms with Gasteiger partial charge in [-0.1, -0.05) is 0 Å². The Morgan fingerprint density at radius 1 is 1.33 bits per heavy atom. The fourth-order valence-corrected chi connectivity index (χ4v) is 2.22. The van der Waals surface area contributed by atoms with Gasteiger partial charge < -0.3 is 23.7 Å². The monoisotopic (exact) mass is 292 g/mol. The third-order valence-corrected chi connectivity index (χ3v) is 3.43. The Labute approximate surface area is 120 Å². The molecule has 0 bridgehead atoms. The van der Waals surface area contributed by atoms with E-state index in [1.165, 1.54) is 13.2 Å². The third kappa shape index (κ3) is 2.31. The van der Waals surface area contributed by atoms with Crippen molar-refractivity contribution >= 4 is 11.0 Å². The molecule has 6 nitrogen and oxygen atoms in total. The fourth-order valence-electron chi connectivity index (χ4n) is 2.22. The second-order valence-corrected chi connectivity index (χ2v) is 5.48. The number of aliphatic hydroxyl groups is 1. The van der Waals surface area contributed by atoms with E-state index in [-0.39, 0.29) is 17.9 Å². The minimum Gasteiger partial charge on any atom is -0.493 e. The number of rotatable bonds is 2. The summed E-state index contributed by atoms with van der Waals surface area (Å²) in [4.78, 5) is 11.5. The molecule has 0 saturated carbocycles. The molecule has 1 atom stereocenters. The average Bonchev–Trinajstić information content (AvgIpc) is 2.45. The van der Waals surface area contributed by atoms with Gasteiger partial charge in [0.15, 0.2) is 17.4 Å². The van der Waals surface area contributed by atoms with Crippen LogP contribution in [0, 0.1) is 0 Å². The highest BCUT2D eigenvalue weighted by Gasteiger charge is 2.36. The lowest BCUT2D eigenvalue weighted by Gasteiger charge is -2.34. The van der Waals surface area contributed by atoms with Crippen LogP contribution in [0.1, 0.15) is 13.8 Å². The lowest BCUT2D eigenvalue weighted by molar-refractivity contribution is -0.0655. The van der Waals surface area contributed by atoms with E-state index in [2.05, 4.69) is 0 Å². The van der Waals surface area contributed by atoms with Gasteiger partial charge in [0.2, 0.25) is 11.5 Å². The van der Waals surface area contributed by atoms with Crippen LogP contribution in [0.3, 0.4) is 0 Å². The van der Waals surface area contributed by atoms with Gasteiger partial charge in [-0.3, -0.25) is 0 Å². The fraction of sp³-hybridized carbons (Fsp3) is 0.400. The highest BCUT2D eigenvalue weighted by molar-refractivity contribution is 5.88. The molecule has 0 spiro atoms. The van der Waals surface area contributed by atoms with Crippen LogP contribution in [0.2, 0.25) is 0 Å². The molecule has 112 valence electrons. The normalized spacial score (nSPS) is 17.8. The molecule has 1 unspecified atom stereocenters. The molecule has 2 aromatic rings. The van der Waals surface area contributed by atoms with Gasteiger partial charge in [-0.05, 0) is 26.0 Å². The molecule has 2 heterocycles. The average molecular weight is 292 g/mol. The van der Waals surface area contributed by atoms with Crippen molar-refractivity contribution in [3.63, 3.8) is 0 Å². The van der Waals surface area contributed by atoms with E-state index in [1.54, 1.807) is 26.0 Å². The van der Waals surface area contributed by atoms with Crippen molar-refractivity contribution in [3.05, 3.63) is 28.6 Å². The van der Waals surface area contributed by atoms with Crippen LogP contribution in [-0.2, 0) is 0 Å². The molecule has 0 aliphatic carbocycles. The van der Waals surface area contributed by atoms with E-state index < -0.39 is 17.3 Å². The zero-order valence-corrected chi connectivity index (χ0v) is 12.0. The van der Waals surface area contributed by atoms with Crippen LogP contribution >= 0.6 is 0 Å². The molecular weight excluding hydrogens is 276 g/mol. The summed E-state index contributed by atoms with van der Waals surface area (Å²) in [5.41, 5.74) is -1.29. The van der Waals surface area contributed by atoms with Crippen molar-refractivity contribution in [3.8, 4) is 17.2 Å². The van der Waals surface area contributed by atoms with Gasteiger partial charge in [0, 0.05) is 11.5 Å². The maximum Gasteiger partial charge on any atom is 0.336 e. The van der Waals surface area contributed by atoms with E-state index in [9.17, 15) is 9.90 Å². The molecule has 1 aliphatic rings. The highest BCUT2D eigenvalue weighted by Crippen LogP contribution is 2.46. The summed E-state index contributed by atoms with van der Waals surface area (Å²) in [7, 11) is 1.52. The van der Waals surface area contributed by atoms with Gasteiger partial charge >= 0.3 is 5.63 Å². The number of hydrogen-bond donors (Lipinski definition) is 1. The molecule has 1 N–H and O–H groups in total. The van der Waals surface area contributed by atoms with Crippen molar-refractivity contribution < 1.29 is 23.7 Å². The molecule has 0 saturated heterocycles. The Kier molecular flexibility index (Phi) is 3.06. The standard InChI is InChI=1S/C15H16O6/c1-15(2,17)10-7-19-13-9(18-3)6-8-4-5-11(16)21-12(8)14(13)20-10/h4-6,10,17H,7H2,1-3H3. The predicted octanol–water partition coefficient (Wildman–Crippen LogP) is 1.71. The first kappa shape index (κ1) is 13.8. The summed E-state index contributed by atoms with van der Waals surface area (Å²) in [6.07, 6.45) is -0.578. The van der Waals surface area contributed by atoms with Gasteiger partial charge in [0.25, 0.3) is 0 Å². The Morgan fingerprint density at radius 2 is 2.10 bits per heavy atom. The minimum atomic E-state index is -1.10. The maximum atomic E-state index is 11.5. The number of fused-ring (bicyclic) bond motifs is 3. The number of ether oxygens (including phenoxy) is 3. The largest absolute Gasteiger partial charge is 0.493 e. The molecule has 0 radical (unpaired) electrons.